The lowest BCUT2D eigenvalue weighted by molar-refractivity contribution is 0.925. The maximum Gasteiger partial charge on any atom is 0.139 e. The zero-order valence-corrected chi connectivity index (χ0v) is 8.36. The summed E-state index contributed by atoms with van der Waals surface area (Å²) in [5.74, 6) is 0.988. The Labute approximate surface area is 83.4 Å². The van der Waals surface area contributed by atoms with Gasteiger partial charge in [0.05, 0.1) is 0 Å². The van der Waals surface area contributed by atoms with E-state index in [9.17, 15) is 0 Å². The van der Waals surface area contributed by atoms with Crippen LogP contribution in [-0.4, -0.2) is 16.6 Å². The van der Waals surface area contributed by atoms with E-state index in [0.29, 0.717) is 0 Å². The quantitative estimate of drug-likeness (QED) is 0.780. The van der Waals surface area contributed by atoms with Gasteiger partial charge in [-0.25, -0.2) is 4.98 Å². The maximum absolute atomic E-state index is 4.30. The topological polar surface area (TPSA) is 29.9 Å². The molecule has 0 aliphatic carbocycles. The van der Waals surface area contributed by atoms with E-state index in [4.69, 9.17) is 0 Å². The fourth-order valence-corrected chi connectivity index (χ4v) is 1.46. The third-order valence-corrected chi connectivity index (χ3v) is 2.23. The molecule has 1 aromatic carbocycles. The lowest BCUT2D eigenvalue weighted by atomic mass is 10.2. The molecule has 2 aromatic rings. The molecule has 0 bridgehead atoms. The SMILES string of the molecule is CNc1cccc(-c2nccn2C)c1. The fourth-order valence-electron chi connectivity index (χ4n) is 1.46. The van der Waals surface area contributed by atoms with Gasteiger partial charge in [0.1, 0.15) is 5.82 Å². The van der Waals surface area contributed by atoms with E-state index in [-0.39, 0.29) is 0 Å². The van der Waals surface area contributed by atoms with Crippen LogP contribution in [0.5, 0.6) is 0 Å². The first-order chi connectivity index (χ1) is 6.81. The largest absolute Gasteiger partial charge is 0.388 e. The van der Waals surface area contributed by atoms with Crippen molar-refractivity contribution in [2.45, 2.75) is 0 Å². The Balaban J connectivity index is 2.47. The minimum atomic E-state index is 0.988. The van der Waals surface area contributed by atoms with E-state index in [1.165, 1.54) is 0 Å². The van der Waals surface area contributed by atoms with E-state index in [1.807, 2.05) is 37.0 Å². The van der Waals surface area contributed by atoms with E-state index in [0.717, 1.165) is 17.1 Å². The summed E-state index contributed by atoms with van der Waals surface area (Å²) in [7, 11) is 3.91. The van der Waals surface area contributed by atoms with Crippen molar-refractivity contribution in [2.75, 3.05) is 12.4 Å². The zero-order chi connectivity index (χ0) is 9.97. The van der Waals surface area contributed by atoms with E-state index >= 15 is 0 Å². The van der Waals surface area contributed by atoms with Crippen molar-refractivity contribution in [3.05, 3.63) is 36.7 Å². The van der Waals surface area contributed by atoms with Crippen LogP contribution in [0.4, 0.5) is 5.69 Å². The number of hydrogen-bond acceptors (Lipinski definition) is 2. The highest BCUT2D eigenvalue weighted by atomic mass is 15.0. The number of aromatic nitrogens is 2. The van der Waals surface area contributed by atoms with Gasteiger partial charge in [0.25, 0.3) is 0 Å². The molecule has 0 amide bonds. The van der Waals surface area contributed by atoms with Crippen LogP contribution in [-0.2, 0) is 7.05 Å². The predicted molar refractivity (Wildman–Crippen MR) is 58.2 cm³/mol. The van der Waals surface area contributed by atoms with Crippen molar-refractivity contribution in [1.29, 1.82) is 0 Å². The molecule has 0 atom stereocenters. The van der Waals surface area contributed by atoms with Crippen molar-refractivity contribution in [3.63, 3.8) is 0 Å². The number of imidazole rings is 1. The summed E-state index contributed by atoms with van der Waals surface area (Å²) in [5.41, 5.74) is 2.23. The molecule has 1 aromatic heterocycles. The van der Waals surface area contributed by atoms with E-state index < -0.39 is 0 Å². The van der Waals surface area contributed by atoms with Crippen LogP contribution < -0.4 is 5.32 Å². The van der Waals surface area contributed by atoms with Gasteiger partial charge in [0.2, 0.25) is 0 Å². The van der Waals surface area contributed by atoms with Gasteiger partial charge in [-0.3, -0.25) is 0 Å². The summed E-state index contributed by atoms with van der Waals surface area (Å²) >= 11 is 0. The highest BCUT2D eigenvalue weighted by Gasteiger charge is 2.02. The lowest BCUT2D eigenvalue weighted by Gasteiger charge is -2.04. The molecule has 0 fully saturated rings. The zero-order valence-electron chi connectivity index (χ0n) is 8.36. The normalized spacial score (nSPS) is 10.1. The van der Waals surface area contributed by atoms with Gasteiger partial charge in [-0.2, -0.15) is 0 Å². The number of nitrogens with one attached hydrogen (secondary N) is 1. The molecule has 0 saturated heterocycles. The van der Waals surface area contributed by atoms with Crippen molar-refractivity contribution in [1.82, 2.24) is 9.55 Å². The van der Waals surface area contributed by atoms with Crippen molar-refractivity contribution in [3.8, 4) is 11.4 Å². The molecular weight excluding hydrogens is 174 g/mol. The first-order valence-electron chi connectivity index (χ1n) is 4.57. The van der Waals surface area contributed by atoms with Gasteiger partial charge >= 0.3 is 0 Å². The number of aryl methyl sites for hydroxylation is 1. The highest BCUT2D eigenvalue weighted by Crippen LogP contribution is 2.19. The smallest absolute Gasteiger partial charge is 0.139 e. The molecule has 72 valence electrons. The van der Waals surface area contributed by atoms with Crippen molar-refractivity contribution in [2.24, 2.45) is 7.05 Å². The molecular formula is C11H13N3. The van der Waals surface area contributed by atoms with Gasteiger partial charge in [-0.05, 0) is 12.1 Å². The van der Waals surface area contributed by atoms with E-state index in [1.54, 1.807) is 6.20 Å². The first-order valence-corrected chi connectivity index (χ1v) is 4.57. The second kappa shape index (κ2) is 3.54. The molecule has 2 rings (SSSR count). The fraction of sp³-hybridized carbons (Fsp3) is 0.182. The Hall–Kier alpha value is -1.77. The number of anilines is 1. The molecule has 14 heavy (non-hydrogen) atoms. The molecule has 1 N–H and O–H groups in total. The third-order valence-electron chi connectivity index (χ3n) is 2.23. The van der Waals surface area contributed by atoms with Gasteiger partial charge in [-0.15, -0.1) is 0 Å². The summed E-state index contributed by atoms with van der Waals surface area (Å²) in [6, 6.07) is 8.20. The van der Waals surface area contributed by atoms with Crippen LogP contribution >= 0.6 is 0 Å². The second-order valence-electron chi connectivity index (χ2n) is 3.19. The monoisotopic (exact) mass is 187 g/mol. The Morgan fingerprint density at radius 3 is 2.86 bits per heavy atom. The Morgan fingerprint density at radius 1 is 1.36 bits per heavy atom. The number of rotatable bonds is 2. The summed E-state index contributed by atoms with van der Waals surface area (Å²) < 4.78 is 2.01. The van der Waals surface area contributed by atoms with Crippen LogP contribution in [0, 0.1) is 0 Å². The van der Waals surface area contributed by atoms with Gasteiger partial charge in [0, 0.05) is 37.7 Å². The molecule has 0 spiro atoms. The average molecular weight is 187 g/mol. The Kier molecular flexibility index (Phi) is 2.23. The molecule has 3 nitrogen and oxygen atoms in total. The minimum Gasteiger partial charge on any atom is -0.388 e. The highest BCUT2D eigenvalue weighted by molar-refractivity contribution is 5.62. The molecule has 0 aliphatic rings. The van der Waals surface area contributed by atoms with Gasteiger partial charge in [0.15, 0.2) is 0 Å². The predicted octanol–water partition coefficient (Wildman–Crippen LogP) is 2.13. The average Bonchev–Trinajstić information content (AvgIpc) is 2.65. The standard InChI is InChI=1S/C11H13N3/c1-12-10-5-3-4-9(8-10)11-13-6-7-14(11)2/h3-8,12H,1-2H3. The van der Waals surface area contributed by atoms with Crippen LogP contribution in [0.1, 0.15) is 0 Å². The Morgan fingerprint density at radius 2 is 2.21 bits per heavy atom. The van der Waals surface area contributed by atoms with Crippen LogP contribution in [0.3, 0.4) is 0 Å². The number of hydrogen-bond donors (Lipinski definition) is 1. The van der Waals surface area contributed by atoms with Crippen molar-refractivity contribution >= 4 is 5.69 Å². The molecule has 0 saturated carbocycles. The van der Waals surface area contributed by atoms with Crippen LogP contribution in [0.25, 0.3) is 11.4 Å². The van der Waals surface area contributed by atoms with Crippen molar-refractivity contribution < 1.29 is 0 Å². The van der Waals surface area contributed by atoms with Gasteiger partial charge in [-0.1, -0.05) is 12.1 Å². The van der Waals surface area contributed by atoms with E-state index in [2.05, 4.69) is 22.4 Å². The minimum absolute atomic E-state index is 0.988. The van der Waals surface area contributed by atoms with Gasteiger partial charge < -0.3 is 9.88 Å². The lowest BCUT2D eigenvalue weighted by Crippen LogP contribution is -1.93. The second-order valence-corrected chi connectivity index (χ2v) is 3.19. The molecule has 0 radical (unpaired) electrons. The Bertz CT molecular complexity index is 432. The molecule has 1 heterocycles. The number of benzene rings is 1. The summed E-state index contributed by atoms with van der Waals surface area (Å²) in [4.78, 5) is 4.30. The molecule has 3 heteroatoms. The van der Waals surface area contributed by atoms with Crippen LogP contribution in [0.15, 0.2) is 36.7 Å². The first kappa shape index (κ1) is 8.81. The third kappa shape index (κ3) is 1.48. The maximum atomic E-state index is 4.30. The summed E-state index contributed by atoms with van der Waals surface area (Å²) in [5, 5.41) is 3.11. The summed E-state index contributed by atoms with van der Waals surface area (Å²) in [6.07, 6.45) is 3.75. The summed E-state index contributed by atoms with van der Waals surface area (Å²) in [6.45, 7) is 0. The van der Waals surface area contributed by atoms with Crippen LogP contribution in [0.2, 0.25) is 0 Å². The molecule has 0 aliphatic heterocycles. The molecule has 0 unspecified atom stereocenters. The number of nitrogens with zero attached hydrogens (tertiary/aromatic N) is 2.